The second-order valence-corrected chi connectivity index (χ2v) is 4.91. The van der Waals surface area contributed by atoms with Crippen LogP contribution in [0.15, 0.2) is 18.3 Å². The summed E-state index contributed by atoms with van der Waals surface area (Å²) in [5.41, 5.74) is 2.46. The number of hydrogen-bond donors (Lipinski definition) is 1. The molecular formula is C14H22N2O. The van der Waals surface area contributed by atoms with Gasteiger partial charge in [0.25, 0.3) is 0 Å². The Balaban J connectivity index is 1.84. The number of hydrogen-bond acceptors (Lipinski definition) is 3. The molecule has 0 bridgehead atoms. The molecule has 0 saturated carbocycles. The minimum atomic E-state index is 0.348. The smallest absolute Gasteiger partial charge is 0.0460 e. The van der Waals surface area contributed by atoms with E-state index in [0.717, 1.165) is 44.6 Å². The van der Waals surface area contributed by atoms with E-state index >= 15 is 0 Å². The summed E-state index contributed by atoms with van der Waals surface area (Å²) in [5, 5.41) is 9.10. The maximum atomic E-state index is 9.10. The lowest BCUT2D eigenvalue weighted by atomic mass is 9.97. The molecular weight excluding hydrogens is 212 g/mol. The van der Waals surface area contributed by atoms with Crippen molar-refractivity contribution in [3.8, 4) is 0 Å². The van der Waals surface area contributed by atoms with Crippen molar-refractivity contribution in [3.63, 3.8) is 0 Å². The Morgan fingerprint density at radius 1 is 1.35 bits per heavy atom. The van der Waals surface area contributed by atoms with E-state index in [9.17, 15) is 0 Å². The molecule has 94 valence electrons. The van der Waals surface area contributed by atoms with Crippen LogP contribution in [0.2, 0.25) is 0 Å². The maximum absolute atomic E-state index is 9.10. The molecule has 17 heavy (non-hydrogen) atoms. The van der Waals surface area contributed by atoms with Crippen LogP contribution >= 0.6 is 0 Å². The summed E-state index contributed by atoms with van der Waals surface area (Å²) in [7, 11) is 0. The van der Waals surface area contributed by atoms with E-state index < -0.39 is 0 Å². The second-order valence-electron chi connectivity index (χ2n) is 4.91. The number of aliphatic hydroxyl groups excluding tert-OH is 1. The summed E-state index contributed by atoms with van der Waals surface area (Å²) in [5.74, 6) is 0.520. The summed E-state index contributed by atoms with van der Waals surface area (Å²) in [4.78, 5) is 6.88. The van der Waals surface area contributed by atoms with Crippen molar-refractivity contribution < 1.29 is 5.11 Å². The fourth-order valence-electron chi connectivity index (χ4n) is 2.34. The van der Waals surface area contributed by atoms with Crippen molar-refractivity contribution in [1.29, 1.82) is 0 Å². The summed E-state index contributed by atoms with van der Waals surface area (Å²) < 4.78 is 0. The third-order valence-electron chi connectivity index (χ3n) is 3.62. The third-order valence-corrected chi connectivity index (χ3v) is 3.62. The fourth-order valence-corrected chi connectivity index (χ4v) is 2.34. The van der Waals surface area contributed by atoms with Crippen molar-refractivity contribution >= 4 is 0 Å². The lowest BCUT2D eigenvalue weighted by Crippen LogP contribution is -2.34. The highest BCUT2D eigenvalue weighted by Gasteiger charge is 2.18. The van der Waals surface area contributed by atoms with E-state index in [1.54, 1.807) is 0 Å². The van der Waals surface area contributed by atoms with Gasteiger partial charge in [-0.15, -0.1) is 0 Å². The first-order valence-corrected chi connectivity index (χ1v) is 6.59. The molecule has 2 heterocycles. The highest BCUT2D eigenvalue weighted by molar-refractivity contribution is 5.14. The molecule has 1 aliphatic heterocycles. The van der Waals surface area contributed by atoms with Crippen LogP contribution in [0.25, 0.3) is 0 Å². The largest absolute Gasteiger partial charge is 0.396 e. The van der Waals surface area contributed by atoms with Gasteiger partial charge in [-0.25, -0.2) is 0 Å². The molecule has 2 rings (SSSR count). The molecule has 0 atom stereocenters. The van der Waals surface area contributed by atoms with Crippen LogP contribution in [-0.2, 0) is 13.0 Å². The maximum Gasteiger partial charge on any atom is 0.0460 e. The number of aryl methyl sites for hydroxylation is 1. The van der Waals surface area contributed by atoms with Crippen molar-refractivity contribution in [3.05, 3.63) is 29.6 Å². The van der Waals surface area contributed by atoms with Crippen LogP contribution < -0.4 is 0 Å². The summed E-state index contributed by atoms with van der Waals surface area (Å²) in [6.45, 7) is 5.67. The average molecular weight is 234 g/mol. The molecule has 1 saturated heterocycles. The van der Waals surface area contributed by atoms with Crippen LogP contribution in [-0.4, -0.2) is 34.7 Å². The van der Waals surface area contributed by atoms with Crippen LogP contribution in [0, 0.1) is 5.92 Å². The van der Waals surface area contributed by atoms with Gasteiger partial charge < -0.3 is 5.11 Å². The van der Waals surface area contributed by atoms with Gasteiger partial charge >= 0.3 is 0 Å². The van der Waals surface area contributed by atoms with Gasteiger partial charge in [-0.1, -0.05) is 13.0 Å². The lowest BCUT2D eigenvalue weighted by molar-refractivity contribution is 0.127. The van der Waals surface area contributed by atoms with Gasteiger partial charge in [-0.05, 0) is 49.9 Å². The second kappa shape index (κ2) is 6.12. The summed E-state index contributed by atoms with van der Waals surface area (Å²) in [6.07, 6.45) is 5.24. The van der Waals surface area contributed by atoms with Gasteiger partial charge in [0.15, 0.2) is 0 Å². The molecule has 1 aromatic rings. The van der Waals surface area contributed by atoms with E-state index in [1.165, 1.54) is 5.56 Å². The highest BCUT2D eigenvalue weighted by Crippen LogP contribution is 2.18. The number of piperidine rings is 1. The Kier molecular flexibility index (Phi) is 4.51. The zero-order valence-electron chi connectivity index (χ0n) is 10.6. The van der Waals surface area contributed by atoms with Gasteiger partial charge in [0.1, 0.15) is 0 Å². The number of likely N-dealkylation sites (tertiary alicyclic amines) is 1. The first-order valence-electron chi connectivity index (χ1n) is 6.59. The van der Waals surface area contributed by atoms with E-state index in [-0.39, 0.29) is 0 Å². The third kappa shape index (κ3) is 3.51. The first-order chi connectivity index (χ1) is 8.31. The quantitative estimate of drug-likeness (QED) is 0.863. The van der Waals surface area contributed by atoms with Crippen LogP contribution in [0.5, 0.6) is 0 Å². The predicted octanol–water partition coefficient (Wildman–Crippen LogP) is 1.85. The molecule has 0 aromatic carbocycles. The first kappa shape index (κ1) is 12.5. The lowest BCUT2D eigenvalue weighted by Gasteiger charge is -2.30. The Hall–Kier alpha value is -0.930. The zero-order valence-corrected chi connectivity index (χ0v) is 10.6. The van der Waals surface area contributed by atoms with Gasteiger partial charge in [0, 0.05) is 25.0 Å². The van der Waals surface area contributed by atoms with E-state index in [2.05, 4.69) is 28.9 Å². The zero-order chi connectivity index (χ0) is 12.1. The molecule has 0 unspecified atom stereocenters. The van der Waals surface area contributed by atoms with Gasteiger partial charge in [-0.2, -0.15) is 0 Å². The van der Waals surface area contributed by atoms with Gasteiger partial charge in [-0.3, -0.25) is 9.88 Å². The minimum absolute atomic E-state index is 0.348. The van der Waals surface area contributed by atoms with Crippen LogP contribution in [0.1, 0.15) is 31.0 Å². The van der Waals surface area contributed by atoms with Crippen molar-refractivity contribution in [2.24, 2.45) is 5.92 Å². The van der Waals surface area contributed by atoms with E-state index in [4.69, 9.17) is 5.11 Å². The monoisotopic (exact) mass is 234 g/mol. The standard InChI is InChI=1S/C14H22N2O/c1-2-14-4-3-13(9-15-14)10-16-7-5-12(11-17)6-8-16/h3-4,9,12,17H,2,5-8,10-11H2,1H3. The molecule has 3 nitrogen and oxygen atoms in total. The molecule has 3 heteroatoms. The molecule has 1 fully saturated rings. The number of pyridine rings is 1. The van der Waals surface area contributed by atoms with Crippen molar-refractivity contribution in [2.75, 3.05) is 19.7 Å². The Bertz CT molecular complexity index is 329. The topological polar surface area (TPSA) is 36.4 Å². The Morgan fingerprint density at radius 2 is 2.12 bits per heavy atom. The van der Waals surface area contributed by atoms with Crippen LogP contribution in [0.4, 0.5) is 0 Å². The average Bonchev–Trinajstić information content (AvgIpc) is 2.40. The summed E-state index contributed by atoms with van der Waals surface area (Å²) >= 11 is 0. The van der Waals surface area contributed by atoms with E-state index in [1.807, 2.05) is 6.20 Å². The number of aromatic nitrogens is 1. The number of aliphatic hydroxyl groups is 1. The number of nitrogens with zero attached hydrogens (tertiary/aromatic N) is 2. The van der Waals surface area contributed by atoms with Crippen molar-refractivity contribution in [2.45, 2.75) is 32.7 Å². The molecule has 0 spiro atoms. The predicted molar refractivity (Wildman–Crippen MR) is 68.7 cm³/mol. The Labute approximate surface area is 103 Å². The summed E-state index contributed by atoms with van der Waals surface area (Å²) in [6, 6.07) is 4.31. The molecule has 1 aliphatic rings. The molecule has 1 aromatic heterocycles. The fraction of sp³-hybridized carbons (Fsp3) is 0.643. The normalized spacial score (nSPS) is 18.5. The van der Waals surface area contributed by atoms with E-state index in [0.29, 0.717) is 12.5 Å². The molecule has 0 radical (unpaired) electrons. The Morgan fingerprint density at radius 3 is 2.65 bits per heavy atom. The molecule has 1 N–H and O–H groups in total. The van der Waals surface area contributed by atoms with Gasteiger partial charge in [0.05, 0.1) is 0 Å². The number of rotatable bonds is 4. The highest BCUT2D eigenvalue weighted by atomic mass is 16.3. The molecule has 0 aliphatic carbocycles. The molecule has 0 amide bonds. The minimum Gasteiger partial charge on any atom is -0.396 e. The van der Waals surface area contributed by atoms with Crippen molar-refractivity contribution in [1.82, 2.24) is 9.88 Å². The van der Waals surface area contributed by atoms with Gasteiger partial charge in [0.2, 0.25) is 0 Å². The van der Waals surface area contributed by atoms with Crippen LogP contribution in [0.3, 0.4) is 0 Å². The SMILES string of the molecule is CCc1ccc(CN2CCC(CO)CC2)cn1.